The molecule has 8 aliphatic heterocycles. The first-order valence-corrected chi connectivity index (χ1v) is 44.6. The van der Waals surface area contributed by atoms with Crippen LogP contribution in [0.15, 0.2) is 121 Å². The van der Waals surface area contributed by atoms with Gasteiger partial charge in [-0.15, -0.1) is 11.8 Å². The Hall–Kier alpha value is -5.08. The van der Waals surface area contributed by atoms with Crippen LogP contribution in [0.3, 0.4) is 0 Å². The number of thioether (sulfide) groups is 1. The Bertz CT molecular complexity index is 3630. The molecular weight excluding hydrogens is 1800 g/mol. The molecule has 8 aliphatic rings. The van der Waals surface area contributed by atoms with E-state index < -0.39 is 198 Å². The molecule has 0 aliphatic carbocycles. The molecule has 8 saturated heterocycles. The fraction of sp³-hybridized carbons (Fsp3) is 0.618. The van der Waals surface area contributed by atoms with E-state index in [1.54, 1.807) is 67.2 Å². The van der Waals surface area contributed by atoms with Crippen LogP contribution in [0, 0.1) is 17.2 Å². The van der Waals surface area contributed by atoms with Gasteiger partial charge in [-0.25, -0.2) is 19.2 Å². The quantitative estimate of drug-likeness (QED) is 0.0123. The van der Waals surface area contributed by atoms with Crippen LogP contribution in [0.5, 0.6) is 0 Å². The van der Waals surface area contributed by atoms with Crippen molar-refractivity contribution >= 4 is 78.8 Å². The number of rotatable bonds is 22. The normalized spacial score (nSPS) is 37.0. The molecule has 654 valence electrons. The predicted octanol–water partition coefficient (Wildman–Crippen LogP) is -0.0364. The third-order valence-corrected chi connectivity index (χ3v) is 20.7. The number of ether oxygens (including phenoxy) is 19. The van der Waals surface area contributed by atoms with Gasteiger partial charge in [0.25, 0.3) is 0 Å². The maximum Gasteiger partial charge on any atom is 0.338 e. The summed E-state index contributed by atoms with van der Waals surface area (Å²) < 4.78 is 106. The van der Waals surface area contributed by atoms with Crippen LogP contribution in [0.4, 0.5) is 0 Å². The number of methoxy groups -OCH3 is 2. The molecule has 8 heterocycles. The molecule has 117 heavy (non-hydrogen) atoms. The first kappa shape index (κ1) is 97.4. The van der Waals surface area contributed by atoms with Gasteiger partial charge in [-0.3, -0.25) is 10.3 Å². The van der Waals surface area contributed by atoms with Crippen molar-refractivity contribution < 1.29 is 170 Å². The highest BCUT2D eigenvalue weighted by atomic mass is 128. The van der Waals surface area contributed by atoms with Crippen molar-refractivity contribution in [1.29, 1.82) is 5.41 Å². The average Bonchev–Trinajstić information content (AvgIpc) is 0.783. The van der Waals surface area contributed by atoms with Crippen LogP contribution in [-0.4, -0.2) is 341 Å². The van der Waals surface area contributed by atoms with Gasteiger partial charge in [-0.05, 0) is 44.1 Å². The van der Waals surface area contributed by atoms with Gasteiger partial charge in [0.2, 0.25) is 6.29 Å². The number of esters is 4. The van der Waals surface area contributed by atoms with E-state index in [0.29, 0.717) is 24.3 Å². The zero-order valence-corrected chi connectivity index (χ0v) is 70.0. The summed E-state index contributed by atoms with van der Waals surface area (Å²) in [5, 5.41) is 132. The van der Waals surface area contributed by atoms with E-state index in [0.717, 1.165) is 31.1 Å². The number of benzene rings is 4. The van der Waals surface area contributed by atoms with Gasteiger partial charge in [0.05, 0.1) is 77.4 Å². The van der Waals surface area contributed by atoms with Crippen LogP contribution in [-0.2, 0) is 99.6 Å². The summed E-state index contributed by atoms with van der Waals surface area (Å²) in [6.07, 6.45) is -42.3. The second-order valence-corrected chi connectivity index (χ2v) is 29.3. The largest absolute Gasteiger partial charge is 0.467 e. The van der Waals surface area contributed by atoms with Crippen LogP contribution in [0.1, 0.15) is 72.1 Å². The molecule has 0 spiro atoms. The number of hydrogen-bond donors (Lipinski definition) is 14. The van der Waals surface area contributed by atoms with E-state index in [4.69, 9.17) is 96.8 Å². The van der Waals surface area contributed by atoms with E-state index in [1.807, 2.05) is 91.9 Å². The lowest BCUT2D eigenvalue weighted by atomic mass is 9.89. The Morgan fingerprint density at radius 2 is 0.889 bits per heavy atom. The van der Waals surface area contributed by atoms with E-state index in [1.165, 1.54) is 6.92 Å². The van der Waals surface area contributed by atoms with Crippen molar-refractivity contribution in [3.63, 3.8) is 0 Å². The number of nitrogens with one attached hydrogen (secondary N) is 1. The SMILES string of the molecule is CC(=N)OC1OC2COC(c3ccccc3)OC2C(C)C1OC(=O)c1ccccc1.CCSC1OC2COC(c3ccccc3)OC2C(C)C1OC(=O)c1ccccc1.CN(C)CO.COC(=O)C1OC(OC2C(CO)OC(OC3C(O)C(OCN)OC(C(=O)OC)C3O)C(O)C2O)C(O)C(OC2OC(CO)C(O)C(O)C2O)C1O.II. The number of carbonyl (C=O) groups excluding carboxylic acids is 4. The number of hydrogen-bond acceptors (Lipinski definition) is 39. The first-order chi connectivity index (χ1) is 56.1. The van der Waals surface area contributed by atoms with Crippen molar-refractivity contribution in [2.75, 3.05) is 74.0 Å². The van der Waals surface area contributed by atoms with E-state index in [9.17, 15) is 75.3 Å². The fourth-order valence-corrected chi connectivity index (χ4v) is 14.6. The lowest BCUT2D eigenvalue weighted by molar-refractivity contribution is -0.386. The fourth-order valence-electron chi connectivity index (χ4n) is 13.6. The molecule has 4 aromatic carbocycles. The van der Waals surface area contributed by atoms with E-state index in [2.05, 4.69) is 60.6 Å². The molecule has 32 atom stereocenters. The molecule has 0 aromatic heterocycles. The number of nitrogens with zero attached hydrogens (tertiary/aromatic N) is 1. The van der Waals surface area contributed by atoms with Crippen molar-refractivity contribution in [3.05, 3.63) is 144 Å². The van der Waals surface area contributed by atoms with Crippen LogP contribution in [0.25, 0.3) is 0 Å². The zero-order valence-electron chi connectivity index (χ0n) is 64.9. The maximum absolute atomic E-state index is 12.7. The van der Waals surface area contributed by atoms with Crippen LogP contribution < -0.4 is 5.73 Å². The molecule has 0 bridgehead atoms. The highest BCUT2D eigenvalue weighted by Crippen LogP contribution is 2.43. The Morgan fingerprint density at radius 3 is 1.32 bits per heavy atom. The second kappa shape index (κ2) is 47.5. The average molecular weight is 1910 g/mol. The zero-order chi connectivity index (χ0) is 85.5. The number of aliphatic hydroxyl groups is 12. The van der Waals surface area contributed by atoms with Crippen molar-refractivity contribution in [3.8, 4) is 0 Å². The Kier molecular flexibility index (Phi) is 39.6. The summed E-state index contributed by atoms with van der Waals surface area (Å²) >= 11 is 5.88. The molecule has 12 rings (SSSR count). The first-order valence-electron chi connectivity index (χ1n) is 37.2. The number of halogens is 2. The van der Waals surface area contributed by atoms with E-state index in [-0.39, 0.29) is 54.2 Å². The van der Waals surface area contributed by atoms with Gasteiger partial charge in [0, 0.05) is 67.1 Å². The Morgan fingerprint density at radius 1 is 0.487 bits per heavy atom. The predicted molar refractivity (Wildman–Crippen MR) is 420 cm³/mol. The monoisotopic (exact) mass is 1910 g/mol. The smallest absolute Gasteiger partial charge is 0.338 e. The van der Waals surface area contributed by atoms with Gasteiger partial charge in [-0.2, -0.15) is 0 Å². The molecule has 32 unspecified atom stereocenters. The maximum atomic E-state index is 12.7. The third-order valence-electron chi connectivity index (χ3n) is 19.7. The number of fused-ring (bicyclic) bond motifs is 2. The Labute approximate surface area is 701 Å². The lowest BCUT2D eigenvalue weighted by Crippen LogP contribution is -2.68. The summed E-state index contributed by atoms with van der Waals surface area (Å²) in [6, 6.07) is 37.4. The van der Waals surface area contributed by atoms with Gasteiger partial charge in [0.15, 0.2) is 61.9 Å². The third kappa shape index (κ3) is 25.1. The molecular formula is C76H105I2N3O35S. The minimum Gasteiger partial charge on any atom is -0.467 e. The molecule has 0 amide bonds. The summed E-state index contributed by atoms with van der Waals surface area (Å²) in [6.45, 7) is 6.13. The lowest BCUT2D eigenvalue weighted by Gasteiger charge is -2.48. The van der Waals surface area contributed by atoms with Gasteiger partial charge >= 0.3 is 23.9 Å². The summed E-state index contributed by atoms with van der Waals surface area (Å²) in [4.78, 5) is 51.8. The number of carbonyl (C=O) groups is 4. The summed E-state index contributed by atoms with van der Waals surface area (Å²) in [5.74, 6) is -2.56. The molecule has 0 radical (unpaired) electrons. The highest BCUT2D eigenvalue weighted by Gasteiger charge is 2.59. The van der Waals surface area contributed by atoms with Crippen molar-refractivity contribution in [2.45, 2.75) is 211 Å². The standard InChI is InChI=1S/C27H45NO23.C23H25NO6.C23H26O5S.C3H9NO.I2/c1-42-22(40)20-13(36)18(15(38)24(50-20)44-5-28)48-26-12(35)10(33)17(7(4-30)46-26)47-27-16(39)19(14(37)21(51-27)23(41)43-2)49-25-11(34)9(32)8(31)6(3-29)45-25;1-14-19-18(13-26-22(30-19)17-11-7-4-8-12-17)28-23(27-15(2)24)20(14)29-21(25)16-9-5-3-6-10-16;1-3-29-23-20(27-21(24)16-10-6-4-7-11-16)15(2)19-18(26-23)14-25-22(28-19)17-12-8-5-9-13-17;1-4(2)3-5;1-2/h6-21,24-27,29-39H,3-5,28H2,1-2H3;3-12,14,18-20,22-24H,13H2,1-2H3;4-13,15,18-20,22-23H,3,14H2,1-2H3;5H,3H2,1-2H3;. The molecule has 15 N–H and O–H groups in total. The summed E-state index contributed by atoms with van der Waals surface area (Å²) in [5.41, 5.74) is 7.96. The molecule has 8 fully saturated rings. The molecule has 41 heteroatoms. The van der Waals surface area contributed by atoms with Crippen LogP contribution in [0.2, 0.25) is 0 Å². The minimum absolute atomic E-state index is 0.0220. The van der Waals surface area contributed by atoms with E-state index >= 15 is 0 Å². The molecule has 38 nitrogen and oxygen atoms in total. The topological polar surface area (TPSA) is 540 Å². The summed E-state index contributed by atoms with van der Waals surface area (Å²) in [7, 11) is 5.52. The van der Waals surface area contributed by atoms with Gasteiger partial charge in [0.1, 0.15) is 109 Å². The van der Waals surface area contributed by atoms with Gasteiger partial charge < -0.3 is 157 Å². The minimum atomic E-state index is -2.15. The van der Waals surface area contributed by atoms with Crippen LogP contribution >= 0.6 is 49.0 Å². The number of aliphatic hydroxyl groups excluding tert-OH is 12. The van der Waals surface area contributed by atoms with Crippen molar-refractivity contribution in [1.82, 2.24) is 4.90 Å². The highest BCUT2D eigenvalue weighted by molar-refractivity contribution is 15.0. The molecule has 4 aromatic rings. The molecule has 0 saturated carbocycles. The number of nitrogens with two attached hydrogens (primary N) is 1. The van der Waals surface area contributed by atoms with Crippen molar-refractivity contribution in [2.24, 2.45) is 17.6 Å². The van der Waals surface area contributed by atoms with Gasteiger partial charge in [-0.1, -0.05) is 118 Å². The Balaban J connectivity index is 0.000000221. The second-order valence-electron chi connectivity index (χ2n) is 27.9.